The van der Waals surface area contributed by atoms with E-state index < -0.39 is 0 Å². The van der Waals surface area contributed by atoms with Gasteiger partial charge in [-0.25, -0.2) is 4.79 Å². The third-order valence-electron chi connectivity index (χ3n) is 1.15. The van der Waals surface area contributed by atoms with Crippen molar-refractivity contribution in [1.29, 1.82) is 0 Å². The molecule has 1 atom stereocenters. The minimum Gasteiger partial charge on any atom is -0.461 e. The summed E-state index contributed by atoms with van der Waals surface area (Å²) in [6.45, 7) is 4.09. The molecule has 50 valence electrons. The van der Waals surface area contributed by atoms with Gasteiger partial charge in [-0.3, -0.25) is 4.99 Å². The summed E-state index contributed by atoms with van der Waals surface area (Å²) in [5.41, 5.74) is 0.580. The van der Waals surface area contributed by atoms with Gasteiger partial charge in [0.05, 0.1) is 12.6 Å². The van der Waals surface area contributed by atoms with E-state index in [1.807, 2.05) is 6.92 Å². The van der Waals surface area contributed by atoms with Gasteiger partial charge in [0.2, 0.25) is 0 Å². The van der Waals surface area contributed by atoms with Crippen molar-refractivity contribution in [1.82, 2.24) is 0 Å². The number of carbonyl (C=O) groups excluding carboxylic acids is 1. The highest BCUT2D eigenvalue weighted by Crippen LogP contribution is 2.11. The van der Waals surface area contributed by atoms with E-state index >= 15 is 0 Å². The van der Waals surface area contributed by atoms with Crippen LogP contribution in [-0.4, -0.2) is 24.3 Å². The Morgan fingerprint density at radius 1 is 1.89 bits per heavy atom. The van der Waals surface area contributed by atoms with Gasteiger partial charge in [-0.15, -0.1) is 0 Å². The zero-order chi connectivity index (χ0) is 6.85. The van der Waals surface area contributed by atoms with Crippen molar-refractivity contribution in [3.8, 4) is 0 Å². The molecule has 0 saturated carbocycles. The lowest BCUT2D eigenvalue weighted by molar-refractivity contribution is -0.134. The molecule has 0 saturated heterocycles. The van der Waals surface area contributed by atoms with Crippen LogP contribution in [0.3, 0.4) is 0 Å². The van der Waals surface area contributed by atoms with Gasteiger partial charge in [0.25, 0.3) is 0 Å². The summed E-state index contributed by atoms with van der Waals surface area (Å²) in [7, 11) is 0. The fourth-order valence-corrected chi connectivity index (χ4v) is 0.600. The summed E-state index contributed by atoms with van der Waals surface area (Å²) in [5, 5.41) is 0. The first-order chi connectivity index (χ1) is 4.25. The van der Waals surface area contributed by atoms with Crippen LogP contribution in [0.25, 0.3) is 0 Å². The molecule has 0 aromatic heterocycles. The summed E-state index contributed by atoms with van der Waals surface area (Å²) >= 11 is 0. The summed E-state index contributed by atoms with van der Waals surface area (Å²) in [6.07, 6.45) is 0. The second-order valence-corrected chi connectivity index (χ2v) is 1.91. The smallest absolute Gasteiger partial charge is 0.354 e. The zero-order valence-corrected chi connectivity index (χ0v) is 5.55. The van der Waals surface area contributed by atoms with Crippen molar-refractivity contribution in [3.05, 3.63) is 0 Å². The SMILES string of the molecule is CCOC(=O)C1=N[C@H]1C. The lowest BCUT2D eigenvalue weighted by Crippen LogP contribution is -2.12. The van der Waals surface area contributed by atoms with E-state index in [0.29, 0.717) is 12.3 Å². The zero-order valence-electron chi connectivity index (χ0n) is 5.55. The Kier molecular flexibility index (Phi) is 1.51. The van der Waals surface area contributed by atoms with Gasteiger partial charge in [-0.2, -0.15) is 0 Å². The Morgan fingerprint density at radius 3 is 2.78 bits per heavy atom. The van der Waals surface area contributed by atoms with Crippen molar-refractivity contribution >= 4 is 11.7 Å². The molecule has 0 amide bonds. The van der Waals surface area contributed by atoms with Crippen molar-refractivity contribution < 1.29 is 9.53 Å². The third kappa shape index (κ3) is 1.28. The number of rotatable bonds is 2. The first kappa shape index (κ1) is 6.26. The number of carbonyl (C=O) groups is 1. The van der Waals surface area contributed by atoms with E-state index in [9.17, 15) is 4.79 Å². The lowest BCUT2D eigenvalue weighted by Gasteiger charge is -1.92. The molecule has 0 aliphatic carbocycles. The van der Waals surface area contributed by atoms with E-state index in [2.05, 4.69) is 9.73 Å². The molecule has 1 aliphatic heterocycles. The lowest BCUT2D eigenvalue weighted by atomic mass is 10.3. The summed E-state index contributed by atoms with van der Waals surface area (Å²) < 4.78 is 4.67. The van der Waals surface area contributed by atoms with E-state index in [1.54, 1.807) is 6.92 Å². The van der Waals surface area contributed by atoms with Crippen LogP contribution in [0.15, 0.2) is 4.99 Å². The van der Waals surface area contributed by atoms with Gasteiger partial charge in [0.1, 0.15) is 5.71 Å². The molecule has 1 heterocycles. The quantitative estimate of drug-likeness (QED) is 0.503. The van der Waals surface area contributed by atoms with Crippen LogP contribution in [0.1, 0.15) is 13.8 Å². The van der Waals surface area contributed by atoms with E-state index in [4.69, 9.17) is 0 Å². The number of nitrogens with zero attached hydrogens (tertiary/aromatic N) is 1. The number of hydrogen-bond donors (Lipinski definition) is 0. The van der Waals surface area contributed by atoms with Crippen molar-refractivity contribution in [2.24, 2.45) is 4.99 Å². The second kappa shape index (κ2) is 2.17. The molecule has 9 heavy (non-hydrogen) atoms. The van der Waals surface area contributed by atoms with Gasteiger partial charge >= 0.3 is 5.97 Å². The molecule has 0 N–H and O–H groups in total. The maximum atomic E-state index is 10.7. The Labute approximate surface area is 53.7 Å². The van der Waals surface area contributed by atoms with Gasteiger partial charge < -0.3 is 4.74 Å². The Bertz CT molecular complexity index is 162. The Hall–Kier alpha value is -0.860. The molecule has 0 bridgehead atoms. The van der Waals surface area contributed by atoms with Crippen LogP contribution in [0.2, 0.25) is 0 Å². The average Bonchev–Trinajstić information content (AvgIpc) is 2.47. The predicted octanol–water partition coefficient (Wildman–Crippen LogP) is 0.393. The van der Waals surface area contributed by atoms with Crippen LogP contribution in [-0.2, 0) is 9.53 Å². The summed E-state index contributed by atoms with van der Waals surface area (Å²) in [6, 6.07) is 0.115. The van der Waals surface area contributed by atoms with E-state index in [-0.39, 0.29) is 12.0 Å². The highest BCUT2D eigenvalue weighted by Gasteiger charge is 2.30. The predicted molar refractivity (Wildman–Crippen MR) is 33.5 cm³/mol. The fraction of sp³-hybridized carbons (Fsp3) is 0.667. The number of aliphatic imine (C=N–C) groups is 1. The van der Waals surface area contributed by atoms with Crippen LogP contribution in [0, 0.1) is 0 Å². The maximum absolute atomic E-state index is 10.7. The van der Waals surface area contributed by atoms with Gasteiger partial charge in [-0.05, 0) is 13.8 Å². The van der Waals surface area contributed by atoms with Crippen LogP contribution < -0.4 is 0 Å². The topological polar surface area (TPSA) is 38.7 Å². The summed E-state index contributed by atoms with van der Waals surface area (Å²) in [4.78, 5) is 14.5. The molecule has 1 rings (SSSR count). The molecule has 0 fully saturated rings. The van der Waals surface area contributed by atoms with Crippen LogP contribution >= 0.6 is 0 Å². The van der Waals surface area contributed by atoms with Crippen LogP contribution in [0.4, 0.5) is 0 Å². The maximum Gasteiger partial charge on any atom is 0.354 e. The molecular formula is C6H9NO2. The van der Waals surface area contributed by atoms with E-state index in [1.165, 1.54) is 0 Å². The third-order valence-corrected chi connectivity index (χ3v) is 1.15. The van der Waals surface area contributed by atoms with Gasteiger partial charge in [0, 0.05) is 0 Å². The Morgan fingerprint density at radius 2 is 2.44 bits per heavy atom. The van der Waals surface area contributed by atoms with Crippen molar-refractivity contribution in [3.63, 3.8) is 0 Å². The van der Waals surface area contributed by atoms with Crippen LogP contribution in [0.5, 0.6) is 0 Å². The minimum atomic E-state index is -0.259. The Balaban J connectivity index is 2.28. The average molecular weight is 127 g/mol. The monoisotopic (exact) mass is 127 g/mol. The molecule has 3 nitrogen and oxygen atoms in total. The van der Waals surface area contributed by atoms with Gasteiger partial charge in [0.15, 0.2) is 0 Å². The first-order valence-corrected chi connectivity index (χ1v) is 3.00. The molecule has 0 aromatic rings. The number of esters is 1. The molecule has 1 aliphatic rings. The first-order valence-electron chi connectivity index (χ1n) is 3.00. The largest absolute Gasteiger partial charge is 0.461 e. The molecule has 0 radical (unpaired) electrons. The number of hydrogen-bond acceptors (Lipinski definition) is 3. The summed E-state index contributed by atoms with van der Waals surface area (Å²) in [5.74, 6) is -0.259. The normalized spacial score (nSPS) is 22.9. The fourth-order valence-electron chi connectivity index (χ4n) is 0.600. The van der Waals surface area contributed by atoms with Crippen molar-refractivity contribution in [2.45, 2.75) is 19.9 Å². The highest BCUT2D eigenvalue weighted by atomic mass is 16.5. The van der Waals surface area contributed by atoms with Crippen molar-refractivity contribution in [2.75, 3.05) is 6.61 Å². The van der Waals surface area contributed by atoms with Gasteiger partial charge in [-0.1, -0.05) is 0 Å². The molecule has 0 unspecified atom stereocenters. The minimum absolute atomic E-state index is 0.115. The molecule has 0 spiro atoms. The number of ether oxygens (including phenoxy) is 1. The standard InChI is InChI=1S/C6H9NO2/c1-3-9-6(8)5-4(2)7-5/h4H,3H2,1-2H3/t4-/m0/s1. The molecular weight excluding hydrogens is 118 g/mol. The highest BCUT2D eigenvalue weighted by molar-refractivity contribution is 6.43. The van der Waals surface area contributed by atoms with E-state index in [0.717, 1.165) is 0 Å². The second-order valence-electron chi connectivity index (χ2n) is 1.91. The molecule has 0 aromatic carbocycles. The molecule has 3 heteroatoms.